The first kappa shape index (κ1) is 20.7. The molecule has 0 spiro atoms. The molecule has 0 bridgehead atoms. The van der Waals surface area contributed by atoms with Crippen molar-refractivity contribution < 1.29 is 4.74 Å². The molecule has 1 aromatic heterocycles. The van der Waals surface area contributed by atoms with E-state index >= 15 is 0 Å². The van der Waals surface area contributed by atoms with Crippen LogP contribution >= 0.6 is 23.2 Å². The lowest BCUT2D eigenvalue weighted by atomic mass is 10.1. The molecule has 0 saturated carbocycles. The fourth-order valence-electron chi connectivity index (χ4n) is 4.11. The Morgan fingerprint density at radius 3 is 2.50 bits per heavy atom. The fourth-order valence-corrected chi connectivity index (χ4v) is 4.43. The van der Waals surface area contributed by atoms with Crippen LogP contribution in [0.25, 0.3) is 16.6 Å². The van der Waals surface area contributed by atoms with Gasteiger partial charge in [0.05, 0.1) is 34.0 Å². The number of ether oxygens (including phenoxy) is 1. The van der Waals surface area contributed by atoms with E-state index in [4.69, 9.17) is 39.6 Å². The van der Waals surface area contributed by atoms with E-state index < -0.39 is 0 Å². The van der Waals surface area contributed by atoms with Crippen LogP contribution in [0.2, 0.25) is 10.0 Å². The van der Waals surface area contributed by atoms with Gasteiger partial charge in [0.15, 0.2) is 5.84 Å². The molecule has 1 aliphatic rings. The molecule has 4 rings (SSSR count). The molecule has 0 aliphatic carbocycles. The van der Waals surface area contributed by atoms with E-state index in [1.165, 1.54) is 6.42 Å². The highest BCUT2D eigenvalue weighted by Crippen LogP contribution is 2.41. The predicted molar refractivity (Wildman–Crippen MR) is 124 cm³/mol. The van der Waals surface area contributed by atoms with Crippen molar-refractivity contribution in [2.45, 2.75) is 19.3 Å². The van der Waals surface area contributed by atoms with Gasteiger partial charge in [0.1, 0.15) is 11.4 Å². The zero-order chi connectivity index (χ0) is 21.3. The Hall–Kier alpha value is -2.61. The molecule has 0 unspecified atom stereocenters. The van der Waals surface area contributed by atoms with E-state index in [2.05, 4.69) is 15.4 Å². The molecule has 2 aromatic carbocycles. The van der Waals surface area contributed by atoms with E-state index in [9.17, 15) is 0 Å². The average Bonchev–Trinajstić information content (AvgIpc) is 3.09. The number of rotatable bonds is 4. The average molecular weight is 447 g/mol. The lowest BCUT2D eigenvalue weighted by molar-refractivity contribution is 0.414. The number of aromatic nitrogens is 1. The Balaban J connectivity index is 2.12. The summed E-state index contributed by atoms with van der Waals surface area (Å²) < 4.78 is 7.48. The Morgan fingerprint density at radius 1 is 1.10 bits per heavy atom. The number of piperidine rings is 1. The molecule has 1 fully saturated rings. The van der Waals surface area contributed by atoms with Gasteiger partial charge in [0, 0.05) is 24.5 Å². The SMILES string of the molecule is COc1cccc(-n2c(/C(=N/N)NN)c(N3CCCCC3)c3cc(Cl)c(Cl)cc32)c1. The number of hydrogen-bond donors (Lipinski definition) is 3. The number of nitrogens with two attached hydrogens (primary N) is 2. The second kappa shape index (κ2) is 8.63. The number of halogens is 2. The minimum absolute atomic E-state index is 0.363. The van der Waals surface area contributed by atoms with E-state index in [0.717, 1.165) is 59.7 Å². The van der Waals surface area contributed by atoms with Gasteiger partial charge in [-0.3, -0.25) is 0 Å². The summed E-state index contributed by atoms with van der Waals surface area (Å²) in [6.45, 7) is 1.85. The van der Waals surface area contributed by atoms with Crippen molar-refractivity contribution in [2.75, 3.05) is 25.1 Å². The van der Waals surface area contributed by atoms with Crippen LogP contribution in [0.1, 0.15) is 25.0 Å². The van der Waals surface area contributed by atoms with Crippen molar-refractivity contribution in [3.05, 3.63) is 52.1 Å². The summed E-state index contributed by atoms with van der Waals surface area (Å²) in [6, 6.07) is 11.5. The van der Waals surface area contributed by atoms with Gasteiger partial charge in [-0.15, -0.1) is 0 Å². The van der Waals surface area contributed by atoms with E-state index in [1.54, 1.807) is 7.11 Å². The Bertz CT molecular complexity index is 1100. The molecule has 1 aliphatic heterocycles. The monoisotopic (exact) mass is 446 g/mol. The Morgan fingerprint density at radius 2 is 1.83 bits per heavy atom. The second-order valence-corrected chi connectivity index (χ2v) is 8.00. The number of nitrogens with zero attached hydrogens (tertiary/aromatic N) is 3. The third kappa shape index (κ3) is 3.53. The number of benzene rings is 2. The number of methoxy groups -OCH3 is 1. The molecule has 2 heterocycles. The summed E-state index contributed by atoms with van der Waals surface area (Å²) in [5, 5.41) is 5.85. The molecule has 30 heavy (non-hydrogen) atoms. The van der Waals surface area contributed by atoms with Gasteiger partial charge >= 0.3 is 0 Å². The standard InChI is InChI=1S/C21H24Cl2N6O/c1-30-14-7-5-6-13(10-14)29-18-12-17(23)16(22)11-15(18)19(20(29)21(26-24)27-25)28-8-3-2-4-9-28/h5-7,10-12H,2-4,8-9,24-25H2,1H3,(H,26,27). The maximum Gasteiger partial charge on any atom is 0.186 e. The number of amidine groups is 1. The molecular weight excluding hydrogens is 423 g/mol. The third-order valence-corrected chi connectivity index (χ3v) is 6.18. The minimum atomic E-state index is 0.363. The van der Waals surface area contributed by atoms with Crippen LogP contribution in [-0.2, 0) is 0 Å². The van der Waals surface area contributed by atoms with Crippen LogP contribution in [0.5, 0.6) is 5.75 Å². The van der Waals surface area contributed by atoms with Gasteiger partial charge in [-0.05, 0) is 43.5 Å². The van der Waals surface area contributed by atoms with Gasteiger partial charge in [-0.25, -0.2) is 5.84 Å². The summed E-state index contributed by atoms with van der Waals surface area (Å²) >= 11 is 12.8. The first-order chi connectivity index (χ1) is 14.6. The number of nitrogens with one attached hydrogen (secondary N) is 1. The number of fused-ring (bicyclic) bond motifs is 1. The molecule has 0 radical (unpaired) electrons. The van der Waals surface area contributed by atoms with Crippen LogP contribution in [0.3, 0.4) is 0 Å². The summed E-state index contributed by atoms with van der Waals surface area (Å²) in [5.74, 6) is 12.7. The third-order valence-electron chi connectivity index (χ3n) is 5.46. The molecule has 0 atom stereocenters. The normalized spacial score (nSPS) is 14.9. The fraction of sp³-hybridized carbons (Fsp3) is 0.286. The quantitative estimate of drug-likeness (QED) is 0.243. The molecule has 158 valence electrons. The number of hydrazone groups is 1. The van der Waals surface area contributed by atoms with Crippen molar-refractivity contribution in [3.63, 3.8) is 0 Å². The first-order valence-electron chi connectivity index (χ1n) is 9.76. The van der Waals surface area contributed by atoms with E-state index in [1.807, 2.05) is 41.0 Å². The van der Waals surface area contributed by atoms with Gasteiger partial charge in [-0.1, -0.05) is 29.3 Å². The van der Waals surface area contributed by atoms with Crippen LogP contribution in [-0.4, -0.2) is 30.6 Å². The molecule has 7 nitrogen and oxygen atoms in total. The summed E-state index contributed by atoms with van der Waals surface area (Å²) in [6.07, 6.45) is 3.43. The summed E-state index contributed by atoms with van der Waals surface area (Å²) in [7, 11) is 1.64. The zero-order valence-corrected chi connectivity index (χ0v) is 18.2. The number of hydrazine groups is 1. The highest BCUT2D eigenvalue weighted by atomic mass is 35.5. The second-order valence-electron chi connectivity index (χ2n) is 7.19. The molecule has 9 heteroatoms. The topological polar surface area (TPSA) is 93.8 Å². The lowest BCUT2D eigenvalue weighted by Gasteiger charge is -2.30. The van der Waals surface area contributed by atoms with Crippen LogP contribution in [0, 0.1) is 0 Å². The molecule has 1 saturated heterocycles. The maximum absolute atomic E-state index is 6.43. The Labute approximate surface area is 185 Å². The number of hydrogen-bond acceptors (Lipinski definition) is 5. The minimum Gasteiger partial charge on any atom is -0.497 e. The van der Waals surface area contributed by atoms with Gasteiger partial charge in [-0.2, -0.15) is 5.10 Å². The molecular formula is C21H24Cl2N6O. The van der Waals surface area contributed by atoms with E-state index in [-0.39, 0.29) is 0 Å². The van der Waals surface area contributed by atoms with E-state index in [0.29, 0.717) is 15.9 Å². The maximum atomic E-state index is 6.43. The van der Waals surface area contributed by atoms with Crippen molar-refractivity contribution in [1.82, 2.24) is 9.99 Å². The molecule has 0 amide bonds. The molecule has 3 aromatic rings. The first-order valence-corrected chi connectivity index (χ1v) is 10.5. The Kier molecular flexibility index (Phi) is 5.94. The van der Waals surface area contributed by atoms with Crippen LogP contribution in [0.4, 0.5) is 5.69 Å². The van der Waals surface area contributed by atoms with Crippen LogP contribution < -0.4 is 26.7 Å². The van der Waals surface area contributed by atoms with Gasteiger partial charge in [0.25, 0.3) is 0 Å². The van der Waals surface area contributed by atoms with Crippen molar-refractivity contribution in [2.24, 2.45) is 16.8 Å². The largest absolute Gasteiger partial charge is 0.497 e. The van der Waals surface area contributed by atoms with Crippen LogP contribution in [0.15, 0.2) is 41.5 Å². The highest BCUT2D eigenvalue weighted by molar-refractivity contribution is 6.43. The smallest absolute Gasteiger partial charge is 0.186 e. The lowest BCUT2D eigenvalue weighted by Crippen LogP contribution is -2.37. The van der Waals surface area contributed by atoms with Crippen molar-refractivity contribution in [3.8, 4) is 11.4 Å². The summed E-state index contributed by atoms with van der Waals surface area (Å²) in [5.41, 5.74) is 6.14. The molecule has 5 N–H and O–H groups in total. The van der Waals surface area contributed by atoms with Crippen molar-refractivity contribution in [1.29, 1.82) is 0 Å². The zero-order valence-electron chi connectivity index (χ0n) is 16.7. The predicted octanol–water partition coefficient (Wildman–Crippen LogP) is 4.02. The van der Waals surface area contributed by atoms with Crippen molar-refractivity contribution >= 4 is 45.6 Å². The van der Waals surface area contributed by atoms with Gasteiger partial charge < -0.3 is 25.5 Å². The number of anilines is 1. The summed E-state index contributed by atoms with van der Waals surface area (Å²) in [4.78, 5) is 2.34. The highest BCUT2D eigenvalue weighted by Gasteiger charge is 2.28. The van der Waals surface area contributed by atoms with Gasteiger partial charge in [0.2, 0.25) is 0 Å².